The van der Waals surface area contributed by atoms with Crippen LogP contribution in [0.4, 0.5) is 5.69 Å². The van der Waals surface area contributed by atoms with Gasteiger partial charge in [-0.25, -0.2) is 0 Å². The van der Waals surface area contributed by atoms with Crippen LogP contribution in [0.1, 0.15) is 5.56 Å². The van der Waals surface area contributed by atoms with E-state index in [2.05, 4.69) is 27.5 Å². The zero-order valence-corrected chi connectivity index (χ0v) is 10.2. The fourth-order valence-corrected chi connectivity index (χ4v) is 1.94. The first kappa shape index (κ1) is 10.8. The van der Waals surface area contributed by atoms with Crippen LogP contribution in [0.2, 0.25) is 0 Å². The fourth-order valence-electron chi connectivity index (χ4n) is 1.94. The minimum atomic E-state index is 0.812. The summed E-state index contributed by atoms with van der Waals surface area (Å²) in [5, 5.41) is 3.39. The van der Waals surface area contributed by atoms with E-state index in [9.17, 15) is 0 Å². The predicted octanol–water partition coefficient (Wildman–Crippen LogP) is 2.58. The Kier molecular flexibility index (Phi) is 2.68. The van der Waals surface area contributed by atoms with Gasteiger partial charge in [-0.1, -0.05) is 0 Å². The summed E-state index contributed by atoms with van der Waals surface area (Å²) in [6.07, 6.45) is 7.57. The summed E-state index contributed by atoms with van der Waals surface area (Å²) in [7, 11) is 2.02. The van der Waals surface area contributed by atoms with Crippen LogP contribution in [0.15, 0.2) is 49.1 Å². The van der Waals surface area contributed by atoms with Gasteiger partial charge in [-0.2, -0.15) is 0 Å². The van der Waals surface area contributed by atoms with Gasteiger partial charge in [0, 0.05) is 44.1 Å². The van der Waals surface area contributed by atoms with E-state index in [1.807, 2.05) is 36.0 Å². The van der Waals surface area contributed by atoms with Crippen molar-refractivity contribution >= 4 is 16.7 Å². The van der Waals surface area contributed by atoms with Crippen LogP contribution in [0.5, 0.6) is 0 Å². The van der Waals surface area contributed by atoms with E-state index < -0.39 is 0 Å². The molecule has 0 bridgehead atoms. The molecule has 90 valence electrons. The minimum absolute atomic E-state index is 0.812. The highest BCUT2D eigenvalue weighted by Crippen LogP contribution is 2.15. The molecule has 0 unspecified atom stereocenters. The number of hydrogen-bond acceptors (Lipinski definition) is 3. The topological polar surface area (TPSA) is 42.7 Å². The van der Waals surface area contributed by atoms with Crippen LogP contribution in [0.25, 0.3) is 11.0 Å². The summed E-state index contributed by atoms with van der Waals surface area (Å²) in [5.74, 6) is 0. The van der Waals surface area contributed by atoms with E-state index in [4.69, 9.17) is 0 Å². The third-order valence-corrected chi connectivity index (χ3v) is 2.86. The number of aromatic nitrogens is 3. The Balaban J connectivity index is 1.78. The van der Waals surface area contributed by atoms with Gasteiger partial charge in [0.05, 0.1) is 11.0 Å². The molecule has 4 nitrogen and oxygen atoms in total. The van der Waals surface area contributed by atoms with Crippen LogP contribution in [-0.4, -0.2) is 14.5 Å². The van der Waals surface area contributed by atoms with E-state index in [1.165, 1.54) is 5.56 Å². The van der Waals surface area contributed by atoms with E-state index >= 15 is 0 Å². The molecule has 0 radical (unpaired) electrons. The van der Waals surface area contributed by atoms with Gasteiger partial charge in [-0.15, -0.1) is 0 Å². The monoisotopic (exact) mass is 238 g/mol. The first-order chi connectivity index (χ1) is 8.81. The van der Waals surface area contributed by atoms with Gasteiger partial charge < -0.3 is 9.88 Å². The third kappa shape index (κ3) is 2.18. The second-order valence-corrected chi connectivity index (χ2v) is 4.30. The van der Waals surface area contributed by atoms with Crippen molar-refractivity contribution in [2.45, 2.75) is 6.54 Å². The van der Waals surface area contributed by atoms with Crippen LogP contribution in [0, 0.1) is 0 Å². The molecule has 3 rings (SSSR count). The Bertz CT molecular complexity index is 672. The molecule has 0 atom stereocenters. The van der Waals surface area contributed by atoms with Crippen molar-refractivity contribution in [1.82, 2.24) is 14.5 Å². The molecular weight excluding hydrogens is 224 g/mol. The fraction of sp³-hybridized carbons (Fsp3) is 0.143. The number of anilines is 1. The molecule has 18 heavy (non-hydrogen) atoms. The van der Waals surface area contributed by atoms with Crippen molar-refractivity contribution in [1.29, 1.82) is 0 Å². The molecular formula is C14H14N4. The number of rotatable bonds is 3. The van der Waals surface area contributed by atoms with Crippen LogP contribution in [0.3, 0.4) is 0 Å². The normalized spacial score (nSPS) is 10.7. The molecule has 0 fully saturated rings. The van der Waals surface area contributed by atoms with Crippen LogP contribution < -0.4 is 5.32 Å². The highest BCUT2D eigenvalue weighted by molar-refractivity contribution is 5.78. The summed E-state index contributed by atoms with van der Waals surface area (Å²) in [6.45, 7) is 0.812. The number of benzene rings is 1. The van der Waals surface area contributed by atoms with E-state index in [0.29, 0.717) is 0 Å². The lowest BCUT2D eigenvalue weighted by Crippen LogP contribution is -1.98. The molecule has 2 heterocycles. The van der Waals surface area contributed by atoms with Gasteiger partial charge >= 0.3 is 0 Å². The molecule has 0 amide bonds. The minimum Gasteiger partial charge on any atom is -0.381 e. The molecule has 0 saturated heterocycles. The van der Waals surface area contributed by atoms with E-state index in [1.54, 1.807) is 12.4 Å². The van der Waals surface area contributed by atoms with Crippen LogP contribution >= 0.6 is 0 Å². The third-order valence-electron chi connectivity index (χ3n) is 2.86. The smallest absolute Gasteiger partial charge is 0.0907 e. The molecule has 2 aromatic heterocycles. The Labute approximate surface area is 105 Å². The van der Waals surface area contributed by atoms with Gasteiger partial charge in [0.2, 0.25) is 0 Å². The molecule has 0 aliphatic heterocycles. The first-order valence-corrected chi connectivity index (χ1v) is 5.87. The molecule has 3 aromatic rings. The lowest BCUT2D eigenvalue weighted by molar-refractivity contribution is 0.920. The summed E-state index contributed by atoms with van der Waals surface area (Å²) >= 11 is 0. The zero-order chi connectivity index (χ0) is 12.4. The number of fused-ring (bicyclic) bond motifs is 1. The molecule has 0 aliphatic carbocycles. The molecule has 1 aromatic carbocycles. The lowest BCUT2D eigenvalue weighted by Gasteiger charge is -2.05. The van der Waals surface area contributed by atoms with Crippen molar-refractivity contribution in [3.63, 3.8) is 0 Å². The number of hydrogen-bond donors (Lipinski definition) is 1. The average Bonchev–Trinajstić information content (AvgIpc) is 2.82. The Hall–Kier alpha value is -2.36. The van der Waals surface area contributed by atoms with Gasteiger partial charge in [0.25, 0.3) is 0 Å². The predicted molar refractivity (Wildman–Crippen MR) is 72.3 cm³/mol. The molecule has 0 saturated carbocycles. The van der Waals surface area contributed by atoms with Crippen molar-refractivity contribution in [2.24, 2.45) is 7.05 Å². The maximum absolute atomic E-state index is 4.29. The standard InChI is InChI=1S/C14H14N4/c1-18-7-4-11(10-18)9-17-12-2-3-13-14(8-12)16-6-5-15-13/h2-8,10,17H,9H2,1H3. The summed E-state index contributed by atoms with van der Waals surface area (Å²) in [6, 6.07) is 8.13. The van der Waals surface area contributed by atoms with Gasteiger partial charge in [0.15, 0.2) is 0 Å². The Morgan fingerprint density at radius 1 is 1.11 bits per heavy atom. The van der Waals surface area contributed by atoms with Crippen molar-refractivity contribution in [2.75, 3.05) is 5.32 Å². The number of nitrogens with zero attached hydrogens (tertiary/aromatic N) is 3. The van der Waals surface area contributed by atoms with Crippen molar-refractivity contribution in [3.8, 4) is 0 Å². The molecule has 0 aliphatic rings. The maximum atomic E-state index is 4.29. The number of nitrogens with one attached hydrogen (secondary N) is 1. The van der Waals surface area contributed by atoms with Gasteiger partial charge in [0.1, 0.15) is 0 Å². The summed E-state index contributed by atoms with van der Waals surface area (Å²) in [5.41, 5.74) is 4.15. The van der Waals surface area contributed by atoms with Gasteiger partial charge in [-0.3, -0.25) is 9.97 Å². The van der Waals surface area contributed by atoms with Crippen LogP contribution in [-0.2, 0) is 13.6 Å². The summed E-state index contributed by atoms with van der Waals surface area (Å²) in [4.78, 5) is 8.54. The summed E-state index contributed by atoms with van der Waals surface area (Å²) < 4.78 is 2.04. The van der Waals surface area contributed by atoms with Crippen molar-refractivity contribution in [3.05, 3.63) is 54.6 Å². The lowest BCUT2D eigenvalue weighted by atomic mass is 10.2. The second-order valence-electron chi connectivity index (χ2n) is 4.30. The first-order valence-electron chi connectivity index (χ1n) is 5.87. The Morgan fingerprint density at radius 3 is 2.72 bits per heavy atom. The second kappa shape index (κ2) is 4.49. The quantitative estimate of drug-likeness (QED) is 0.762. The molecule has 0 spiro atoms. The SMILES string of the molecule is Cn1ccc(CNc2ccc3nccnc3c2)c1. The highest BCUT2D eigenvalue weighted by Gasteiger charge is 1.99. The molecule has 1 N–H and O–H groups in total. The average molecular weight is 238 g/mol. The maximum Gasteiger partial charge on any atom is 0.0907 e. The number of aryl methyl sites for hydroxylation is 1. The Morgan fingerprint density at radius 2 is 1.94 bits per heavy atom. The zero-order valence-electron chi connectivity index (χ0n) is 10.2. The van der Waals surface area contributed by atoms with Gasteiger partial charge in [-0.05, 0) is 29.8 Å². The highest BCUT2D eigenvalue weighted by atomic mass is 14.9. The van der Waals surface area contributed by atoms with E-state index in [-0.39, 0.29) is 0 Å². The van der Waals surface area contributed by atoms with E-state index in [0.717, 1.165) is 23.3 Å². The largest absolute Gasteiger partial charge is 0.381 e. The van der Waals surface area contributed by atoms with Crippen molar-refractivity contribution < 1.29 is 0 Å². The molecule has 4 heteroatoms.